The van der Waals surface area contributed by atoms with Crippen molar-refractivity contribution in [3.8, 4) is 11.6 Å². The number of hydrogen-bond acceptors (Lipinski definition) is 5. The first-order valence-corrected chi connectivity index (χ1v) is 8.59. The molecule has 0 radical (unpaired) electrons. The molecule has 1 aromatic heterocycles. The molecule has 112 valence electrons. The quantitative estimate of drug-likeness (QED) is 0.807. The van der Waals surface area contributed by atoms with Gasteiger partial charge in [0.05, 0.1) is 4.90 Å². The number of sulfone groups is 1. The maximum absolute atomic E-state index is 11.6. The van der Waals surface area contributed by atoms with Gasteiger partial charge in [-0.15, -0.1) is 0 Å². The Labute approximate surface area is 128 Å². The number of hydrogen-bond donors (Lipinski definition) is 0. The highest BCUT2D eigenvalue weighted by Crippen LogP contribution is 2.28. The average molecular weight is 327 g/mol. The van der Waals surface area contributed by atoms with E-state index in [0.29, 0.717) is 34.6 Å². The first-order chi connectivity index (χ1) is 9.81. The Balaban J connectivity index is 2.41. The van der Waals surface area contributed by atoms with Crippen LogP contribution in [0.2, 0.25) is 5.15 Å². The van der Waals surface area contributed by atoms with E-state index < -0.39 is 9.84 Å². The summed E-state index contributed by atoms with van der Waals surface area (Å²) >= 11 is 6.04. The van der Waals surface area contributed by atoms with Gasteiger partial charge in [0, 0.05) is 18.2 Å². The lowest BCUT2D eigenvalue weighted by molar-refractivity contribution is 0.453. The molecule has 1 aromatic carbocycles. The van der Waals surface area contributed by atoms with Gasteiger partial charge in [0.2, 0.25) is 5.88 Å². The van der Waals surface area contributed by atoms with Gasteiger partial charge in [0.25, 0.3) is 0 Å². The van der Waals surface area contributed by atoms with Gasteiger partial charge < -0.3 is 4.74 Å². The molecule has 2 rings (SSSR count). The fourth-order valence-electron chi connectivity index (χ4n) is 1.65. The second-order valence-corrected chi connectivity index (χ2v) is 6.94. The Morgan fingerprint density at radius 1 is 1.29 bits per heavy atom. The molecule has 0 unspecified atom stereocenters. The standard InChI is InChI=1S/C14H15ClN2O3S/c1-4-12-16-13(15)9(2)14(17-12)20-10-6-5-7-11(8-10)21(3,18)19/h5-8H,4H2,1-3H3. The van der Waals surface area contributed by atoms with Gasteiger partial charge in [-0.05, 0) is 25.1 Å². The van der Waals surface area contributed by atoms with E-state index in [-0.39, 0.29) is 4.90 Å². The first-order valence-electron chi connectivity index (χ1n) is 6.32. The van der Waals surface area contributed by atoms with Crippen molar-refractivity contribution in [2.45, 2.75) is 25.2 Å². The van der Waals surface area contributed by atoms with Crippen LogP contribution in [0.5, 0.6) is 11.6 Å². The molecule has 5 nitrogen and oxygen atoms in total. The van der Waals surface area contributed by atoms with Crippen LogP contribution in [-0.4, -0.2) is 24.6 Å². The van der Waals surface area contributed by atoms with Gasteiger partial charge in [-0.2, -0.15) is 4.98 Å². The van der Waals surface area contributed by atoms with Crippen LogP contribution in [0.3, 0.4) is 0 Å². The maximum Gasteiger partial charge on any atom is 0.226 e. The molecule has 7 heteroatoms. The minimum Gasteiger partial charge on any atom is -0.439 e. The summed E-state index contributed by atoms with van der Waals surface area (Å²) in [6, 6.07) is 6.25. The SMILES string of the molecule is CCc1nc(Cl)c(C)c(Oc2cccc(S(C)(=O)=O)c2)n1. The van der Waals surface area contributed by atoms with Crippen LogP contribution in [0.4, 0.5) is 0 Å². The first kappa shape index (κ1) is 15.7. The molecule has 0 bridgehead atoms. The van der Waals surface area contributed by atoms with E-state index in [4.69, 9.17) is 16.3 Å². The summed E-state index contributed by atoms with van der Waals surface area (Å²) in [6.45, 7) is 3.66. The van der Waals surface area contributed by atoms with E-state index in [1.54, 1.807) is 19.1 Å². The van der Waals surface area contributed by atoms with Gasteiger partial charge in [-0.25, -0.2) is 13.4 Å². The molecule has 0 spiro atoms. The van der Waals surface area contributed by atoms with Gasteiger partial charge in [-0.3, -0.25) is 0 Å². The van der Waals surface area contributed by atoms with Crippen molar-refractivity contribution in [3.63, 3.8) is 0 Å². The predicted molar refractivity (Wildman–Crippen MR) is 80.8 cm³/mol. The van der Waals surface area contributed by atoms with E-state index in [1.807, 2.05) is 6.92 Å². The molecule has 0 atom stereocenters. The largest absolute Gasteiger partial charge is 0.439 e. The molecule has 0 amide bonds. The molecule has 0 aliphatic carbocycles. The zero-order valence-electron chi connectivity index (χ0n) is 11.9. The lowest BCUT2D eigenvalue weighted by Crippen LogP contribution is -2.01. The minimum absolute atomic E-state index is 0.188. The fourth-order valence-corrected chi connectivity index (χ4v) is 2.48. The Bertz CT molecular complexity index is 776. The van der Waals surface area contributed by atoms with Gasteiger partial charge in [-0.1, -0.05) is 24.6 Å². The zero-order chi connectivity index (χ0) is 15.6. The summed E-state index contributed by atoms with van der Waals surface area (Å²) in [5.41, 5.74) is 0.610. The second kappa shape index (κ2) is 5.99. The summed E-state index contributed by atoms with van der Waals surface area (Å²) in [6.07, 6.45) is 1.77. The molecule has 0 aliphatic rings. The zero-order valence-corrected chi connectivity index (χ0v) is 13.5. The van der Waals surface area contributed by atoms with Crippen molar-refractivity contribution >= 4 is 21.4 Å². The molecule has 0 saturated carbocycles. The highest BCUT2D eigenvalue weighted by molar-refractivity contribution is 7.90. The van der Waals surface area contributed by atoms with Gasteiger partial charge in [0.15, 0.2) is 9.84 Å². The molecule has 2 aromatic rings. The van der Waals surface area contributed by atoms with Crippen molar-refractivity contribution in [1.29, 1.82) is 0 Å². The van der Waals surface area contributed by atoms with Crippen molar-refractivity contribution in [2.24, 2.45) is 0 Å². The van der Waals surface area contributed by atoms with Crippen LogP contribution in [0.15, 0.2) is 29.2 Å². The van der Waals surface area contributed by atoms with E-state index >= 15 is 0 Å². The number of aryl methyl sites for hydroxylation is 1. The fraction of sp³-hybridized carbons (Fsp3) is 0.286. The van der Waals surface area contributed by atoms with E-state index in [2.05, 4.69) is 9.97 Å². The lowest BCUT2D eigenvalue weighted by Gasteiger charge is -2.10. The van der Waals surface area contributed by atoms with Crippen LogP contribution >= 0.6 is 11.6 Å². The Morgan fingerprint density at radius 2 is 2.00 bits per heavy atom. The number of halogens is 1. The molecule has 0 saturated heterocycles. The molecule has 0 aliphatic heterocycles. The molecule has 1 heterocycles. The summed E-state index contributed by atoms with van der Waals surface area (Å²) < 4.78 is 28.8. The van der Waals surface area contributed by atoms with Gasteiger partial charge >= 0.3 is 0 Å². The average Bonchev–Trinajstić information content (AvgIpc) is 2.43. The van der Waals surface area contributed by atoms with Crippen molar-refractivity contribution in [1.82, 2.24) is 9.97 Å². The van der Waals surface area contributed by atoms with Gasteiger partial charge in [0.1, 0.15) is 16.7 Å². The van der Waals surface area contributed by atoms with Crippen LogP contribution in [0, 0.1) is 6.92 Å². The maximum atomic E-state index is 11.6. The summed E-state index contributed by atoms with van der Waals surface area (Å²) in [5, 5.41) is 0.330. The molecular weight excluding hydrogens is 312 g/mol. The summed E-state index contributed by atoms with van der Waals surface area (Å²) in [7, 11) is -3.29. The minimum atomic E-state index is -3.29. The molecular formula is C14H15ClN2O3S. The van der Waals surface area contributed by atoms with Crippen molar-refractivity contribution in [2.75, 3.05) is 6.26 Å². The number of aromatic nitrogens is 2. The lowest BCUT2D eigenvalue weighted by atomic mass is 10.3. The number of benzene rings is 1. The predicted octanol–water partition coefficient (Wildman–Crippen LogP) is 3.20. The number of nitrogens with zero attached hydrogens (tertiary/aromatic N) is 2. The molecule has 0 N–H and O–H groups in total. The third-order valence-electron chi connectivity index (χ3n) is 2.85. The van der Waals surface area contributed by atoms with E-state index in [9.17, 15) is 8.42 Å². The van der Waals surface area contributed by atoms with Crippen molar-refractivity contribution in [3.05, 3.63) is 40.8 Å². The van der Waals surface area contributed by atoms with Crippen LogP contribution in [0.25, 0.3) is 0 Å². The summed E-state index contributed by atoms with van der Waals surface area (Å²) in [5.74, 6) is 1.29. The number of ether oxygens (including phenoxy) is 1. The van der Waals surface area contributed by atoms with E-state index in [1.165, 1.54) is 12.1 Å². The number of rotatable bonds is 4. The Hall–Kier alpha value is -1.66. The third-order valence-corrected chi connectivity index (χ3v) is 4.33. The Morgan fingerprint density at radius 3 is 2.62 bits per heavy atom. The van der Waals surface area contributed by atoms with E-state index in [0.717, 1.165) is 6.26 Å². The molecule has 0 fully saturated rings. The highest BCUT2D eigenvalue weighted by Gasteiger charge is 2.13. The topological polar surface area (TPSA) is 69.2 Å². The van der Waals surface area contributed by atoms with Crippen LogP contribution < -0.4 is 4.74 Å². The Kier molecular flexibility index (Phi) is 4.49. The third kappa shape index (κ3) is 3.71. The monoisotopic (exact) mass is 326 g/mol. The summed E-state index contributed by atoms with van der Waals surface area (Å²) in [4.78, 5) is 8.59. The second-order valence-electron chi connectivity index (χ2n) is 4.56. The van der Waals surface area contributed by atoms with Crippen LogP contribution in [0.1, 0.15) is 18.3 Å². The van der Waals surface area contributed by atoms with Crippen molar-refractivity contribution < 1.29 is 13.2 Å². The normalized spacial score (nSPS) is 11.4. The molecule has 21 heavy (non-hydrogen) atoms. The van der Waals surface area contributed by atoms with Crippen LogP contribution in [-0.2, 0) is 16.3 Å². The smallest absolute Gasteiger partial charge is 0.226 e. The highest BCUT2D eigenvalue weighted by atomic mass is 35.5.